The molecule has 0 amide bonds. The lowest BCUT2D eigenvalue weighted by Crippen LogP contribution is -2.18. The topological polar surface area (TPSA) is 63.6 Å². The Balaban J connectivity index is 2.49. The summed E-state index contributed by atoms with van der Waals surface area (Å²) in [6, 6.07) is 8.65. The van der Waals surface area contributed by atoms with Crippen molar-refractivity contribution in [1.29, 1.82) is 0 Å². The van der Waals surface area contributed by atoms with E-state index in [1.54, 1.807) is 24.3 Å². The van der Waals surface area contributed by atoms with Crippen LogP contribution in [0.4, 0.5) is 0 Å². The van der Waals surface area contributed by atoms with E-state index < -0.39 is 12.1 Å². The van der Waals surface area contributed by atoms with Crippen LogP contribution < -0.4 is 0 Å². The van der Waals surface area contributed by atoms with Crippen LogP contribution in [0.3, 0.4) is 0 Å². The van der Waals surface area contributed by atoms with Crippen molar-refractivity contribution in [2.75, 3.05) is 7.11 Å². The summed E-state index contributed by atoms with van der Waals surface area (Å²) in [5.41, 5.74) is 0.534. The number of rotatable bonds is 5. The zero-order chi connectivity index (χ0) is 12.0. The van der Waals surface area contributed by atoms with Gasteiger partial charge in [0.1, 0.15) is 0 Å². The van der Waals surface area contributed by atoms with Crippen LogP contribution in [0.1, 0.15) is 23.2 Å². The molecule has 0 radical (unpaired) electrons. The maximum atomic E-state index is 11.6. The van der Waals surface area contributed by atoms with Crippen LogP contribution in [0.5, 0.6) is 0 Å². The van der Waals surface area contributed by atoms with Crippen molar-refractivity contribution in [2.45, 2.75) is 18.9 Å². The van der Waals surface area contributed by atoms with Gasteiger partial charge in [-0.1, -0.05) is 30.3 Å². The predicted molar refractivity (Wildman–Crippen MR) is 58.0 cm³/mol. The van der Waals surface area contributed by atoms with Crippen LogP contribution in [0, 0.1) is 0 Å². The summed E-state index contributed by atoms with van der Waals surface area (Å²) in [5.74, 6) is -0.703. The lowest BCUT2D eigenvalue weighted by Gasteiger charge is -2.07. The van der Waals surface area contributed by atoms with Crippen LogP contribution >= 0.6 is 0 Å². The molecule has 0 saturated carbocycles. The van der Waals surface area contributed by atoms with Crippen LogP contribution in [0.2, 0.25) is 0 Å². The van der Waals surface area contributed by atoms with E-state index in [-0.39, 0.29) is 18.6 Å². The zero-order valence-electron chi connectivity index (χ0n) is 9.05. The Labute approximate surface area is 93.9 Å². The molecule has 0 aliphatic heterocycles. The predicted octanol–water partition coefficient (Wildman–Crippen LogP) is 1.18. The molecular formula is C12H14O4. The van der Waals surface area contributed by atoms with Gasteiger partial charge in [-0.15, -0.1) is 0 Å². The highest BCUT2D eigenvalue weighted by Crippen LogP contribution is 2.07. The molecule has 1 aromatic carbocycles. The Morgan fingerprint density at radius 3 is 2.44 bits per heavy atom. The first kappa shape index (κ1) is 12.4. The van der Waals surface area contributed by atoms with Gasteiger partial charge in [-0.3, -0.25) is 9.59 Å². The number of aliphatic hydroxyl groups is 1. The molecular weight excluding hydrogens is 208 g/mol. The van der Waals surface area contributed by atoms with Gasteiger partial charge in [-0.25, -0.2) is 0 Å². The number of hydrogen-bond donors (Lipinski definition) is 1. The molecule has 4 nitrogen and oxygen atoms in total. The lowest BCUT2D eigenvalue weighted by molar-refractivity contribution is -0.142. The highest BCUT2D eigenvalue weighted by molar-refractivity contribution is 5.96. The first-order chi connectivity index (χ1) is 7.63. The van der Waals surface area contributed by atoms with E-state index in [2.05, 4.69) is 4.74 Å². The minimum absolute atomic E-state index is 0.0703. The number of methoxy groups -OCH3 is 1. The fourth-order valence-electron chi connectivity index (χ4n) is 1.30. The number of aliphatic hydroxyl groups excluding tert-OH is 1. The molecule has 4 heteroatoms. The van der Waals surface area contributed by atoms with Gasteiger partial charge in [-0.05, 0) is 0 Å². The third-order valence-corrected chi connectivity index (χ3v) is 2.15. The van der Waals surface area contributed by atoms with E-state index in [9.17, 15) is 14.7 Å². The second kappa shape index (κ2) is 6.02. The molecule has 16 heavy (non-hydrogen) atoms. The van der Waals surface area contributed by atoms with Gasteiger partial charge >= 0.3 is 5.97 Å². The summed E-state index contributed by atoms with van der Waals surface area (Å²) in [7, 11) is 1.24. The van der Waals surface area contributed by atoms with Gasteiger partial charge in [0.05, 0.1) is 19.6 Å². The molecule has 86 valence electrons. The van der Waals surface area contributed by atoms with Crippen LogP contribution in [0.25, 0.3) is 0 Å². The normalized spacial score (nSPS) is 11.9. The number of carbonyl (C=O) groups excluding carboxylic acids is 2. The maximum Gasteiger partial charge on any atom is 0.308 e. The van der Waals surface area contributed by atoms with E-state index in [4.69, 9.17) is 0 Å². The second-order valence-corrected chi connectivity index (χ2v) is 3.43. The first-order valence-corrected chi connectivity index (χ1v) is 4.96. The Morgan fingerprint density at radius 2 is 1.88 bits per heavy atom. The van der Waals surface area contributed by atoms with Gasteiger partial charge in [-0.2, -0.15) is 0 Å². The number of carbonyl (C=O) groups is 2. The average Bonchev–Trinajstić information content (AvgIpc) is 2.29. The summed E-state index contributed by atoms with van der Waals surface area (Å²) >= 11 is 0. The standard InChI is InChI=1S/C12H14O4/c1-16-12(15)8-10(13)7-11(14)9-5-3-2-4-6-9/h2-6,10,13H,7-8H2,1H3/t10-/m0/s1. The molecule has 0 heterocycles. The molecule has 0 aromatic heterocycles. The van der Waals surface area contributed by atoms with E-state index in [1.807, 2.05) is 6.07 Å². The Hall–Kier alpha value is -1.68. The average molecular weight is 222 g/mol. The van der Waals surface area contributed by atoms with Crippen molar-refractivity contribution in [3.8, 4) is 0 Å². The molecule has 0 aliphatic rings. The minimum Gasteiger partial charge on any atom is -0.469 e. The summed E-state index contributed by atoms with van der Waals surface area (Å²) in [4.78, 5) is 22.5. The molecule has 0 unspecified atom stereocenters. The highest BCUT2D eigenvalue weighted by atomic mass is 16.5. The van der Waals surface area contributed by atoms with Crippen molar-refractivity contribution >= 4 is 11.8 Å². The second-order valence-electron chi connectivity index (χ2n) is 3.43. The SMILES string of the molecule is COC(=O)C[C@@H](O)CC(=O)c1ccccc1. The number of hydrogen-bond acceptors (Lipinski definition) is 4. The summed E-state index contributed by atoms with van der Waals surface area (Å²) in [5, 5.41) is 9.46. The highest BCUT2D eigenvalue weighted by Gasteiger charge is 2.16. The van der Waals surface area contributed by atoms with Crippen molar-refractivity contribution in [3.63, 3.8) is 0 Å². The summed E-state index contributed by atoms with van der Waals surface area (Å²) < 4.78 is 4.40. The monoisotopic (exact) mass is 222 g/mol. The summed E-state index contributed by atoms with van der Waals surface area (Å²) in [6.45, 7) is 0. The van der Waals surface area contributed by atoms with Gasteiger partial charge in [0.25, 0.3) is 0 Å². The number of ether oxygens (including phenoxy) is 1. The van der Waals surface area contributed by atoms with E-state index in [0.717, 1.165) is 0 Å². The minimum atomic E-state index is -0.986. The molecule has 1 aromatic rings. The molecule has 0 spiro atoms. The smallest absolute Gasteiger partial charge is 0.308 e. The quantitative estimate of drug-likeness (QED) is 0.600. The molecule has 1 atom stereocenters. The fraction of sp³-hybridized carbons (Fsp3) is 0.333. The van der Waals surface area contributed by atoms with Gasteiger partial charge in [0.15, 0.2) is 5.78 Å². The molecule has 1 rings (SSSR count). The molecule has 0 aliphatic carbocycles. The Kier molecular flexibility index (Phi) is 4.66. The number of esters is 1. The lowest BCUT2D eigenvalue weighted by atomic mass is 10.0. The zero-order valence-corrected chi connectivity index (χ0v) is 9.05. The maximum absolute atomic E-state index is 11.6. The molecule has 0 saturated heterocycles. The van der Waals surface area contributed by atoms with Gasteiger partial charge < -0.3 is 9.84 Å². The van der Waals surface area contributed by atoms with Crippen LogP contribution in [-0.2, 0) is 9.53 Å². The van der Waals surface area contributed by atoms with Gasteiger partial charge in [0.2, 0.25) is 0 Å². The molecule has 0 fully saturated rings. The Morgan fingerprint density at radius 1 is 1.25 bits per heavy atom. The molecule has 1 N–H and O–H groups in total. The van der Waals surface area contributed by atoms with Crippen molar-refractivity contribution in [2.24, 2.45) is 0 Å². The largest absolute Gasteiger partial charge is 0.469 e. The fourth-order valence-corrected chi connectivity index (χ4v) is 1.30. The van der Waals surface area contributed by atoms with E-state index in [1.165, 1.54) is 7.11 Å². The first-order valence-electron chi connectivity index (χ1n) is 4.96. The van der Waals surface area contributed by atoms with Crippen molar-refractivity contribution in [3.05, 3.63) is 35.9 Å². The number of ketones is 1. The van der Waals surface area contributed by atoms with Crippen molar-refractivity contribution in [1.82, 2.24) is 0 Å². The third-order valence-electron chi connectivity index (χ3n) is 2.15. The van der Waals surface area contributed by atoms with E-state index >= 15 is 0 Å². The number of benzene rings is 1. The van der Waals surface area contributed by atoms with Gasteiger partial charge in [0, 0.05) is 12.0 Å². The van der Waals surface area contributed by atoms with Crippen LogP contribution in [0.15, 0.2) is 30.3 Å². The Bertz CT molecular complexity index is 359. The summed E-state index contributed by atoms with van der Waals surface area (Å²) in [6.07, 6.45) is -1.21. The number of Topliss-reactive ketones (excluding diaryl/α,β-unsaturated/α-hetero) is 1. The van der Waals surface area contributed by atoms with Crippen LogP contribution in [-0.4, -0.2) is 30.1 Å². The van der Waals surface area contributed by atoms with Crippen molar-refractivity contribution < 1.29 is 19.4 Å². The van der Waals surface area contributed by atoms with E-state index in [0.29, 0.717) is 5.56 Å². The third kappa shape index (κ3) is 3.82. The molecule has 0 bridgehead atoms.